The van der Waals surface area contributed by atoms with Crippen LogP contribution in [0.5, 0.6) is 5.75 Å². The summed E-state index contributed by atoms with van der Waals surface area (Å²) < 4.78 is 34.0. The zero-order chi connectivity index (χ0) is 25.7. The largest absolute Gasteiger partial charge is 0.497 e. The van der Waals surface area contributed by atoms with Gasteiger partial charge in [0.15, 0.2) is 0 Å². The highest BCUT2D eigenvalue weighted by Crippen LogP contribution is 2.35. The van der Waals surface area contributed by atoms with Gasteiger partial charge in [0.25, 0.3) is 10.0 Å². The number of nitrogens with one attached hydrogen (secondary N) is 1. The molecule has 0 aliphatic carbocycles. The monoisotopic (exact) mass is 504 g/mol. The topological polar surface area (TPSA) is 95.9 Å². The van der Waals surface area contributed by atoms with Crippen LogP contribution in [0.25, 0.3) is 10.8 Å². The van der Waals surface area contributed by atoms with Gasteiger partial charge >= 0.3 is 5.97 Å². The van der Waals surface area contributed by atoms with Crippen LogP contribution < -0.4 is 14.4 Å². The maximum absolute atomic E-state index is 13.1. The molecular formula is C28H28N2O5S. The van der Waals surface area contributed by atoms with Crippen LogP contribution in [0.15, 0.2) is 95.9 Å². The summed E-state index contributed by atoms with van der Waals surface area (Å²) in [6.07, 6.45) is -0.0347. The standard InChI is InChI=1S/C28H28N2O5S/c1-20(18-28(31)32)30(19-21-8-4-3-5-9-21)27-17-16-26(24-10-6-7-11-25(24)27)29-36(33,34)23-14-12-22(35-2)13-15-23/h3-17,20,29H,18-19H2,1-2H3,(H,31,32)/t20-/m0/s1. The molecule has 0 saturated heterocycles. The molecule has 4 rings (SSSR count). The van der Waals surface area contributed by atoms with Crippen molar-refractivity contribution in [3.8, 4) is 5.75 Å². The van der Waals surface area contributed by atoms with E-state index in [1.807, 2.05) is 72.5 Å². The van der Waals surface area contributed by atoms with E-state index in [4.69, 9.17) is 4.74 Å². The molecule has 0 saturated carbocycles. The van der Waals surface area contributed by atoms with E-state index < -0.39 is 16.0 Å². The molecule has 8 heteroatoms. The van der Waals surface area contributed by atoms with Gasteiger partial charge in [-0.1, -0.05) is 54.6 Å². The Kier molecular flexibility index (Phi) is 7.45. The van der Waals surface area contributed by atoms with Gasteiger partial charge in [-0.3, -0.25) is 9.52 Å². The van der Waals surface area contributed by atoms with Gasteiger partial charge in [-0.2, -0.15) is 0 Å². The number of hydrogen-bond acceptors (Lipinski definition) is 5. The molecule has 0 heterocycles. The average Bonchev–Trinajstić information content (AvgIpc) is 2.88. The second-order valence-corrected chi connectivity index (χ2v) is 10.2. The van der Waals surface area contributed by atoms with Crippen LogP contribution >= 0.6 is 0 Å². The maximum Gasteiger partial charge on any atom is 0.305 e. The fraction of sp³-hybridized carbons (Fsp3) is 0.179. The van der Waals surface area contributed by atoms with Crippen LogP contribution in [0.1, 0.15) is 18.9 Å². The Labute approximate surface area is 211 Å². The zero-order valence-corrected chi connectivity index (χ0v) is 20.9. The first kappa shape index (κ1) is 25.1. The first-order chi connectivity index (χ1) is 17.3. The molecule has 36 heavy (non-hydrogen) atoms. The van der Waals surface area contributed by atoms with Crippen LogP contribution in [-0.2, 0) is 21.4 Å². The van der Waals surface area contributed by atoms with Gasteiger partial charge in [0.1, 0.15) is 5.75 Å². The molecule has 1 atom stereocenters. The molecule has 0 aliphatic heterocycles. The lowest BCUT2D eigenvalue weighted by molar-refractivity contribution is -0.137. The molecule has 4 aromatic carbocycles. The summed E-state index contributed by atoms with van der Waals surface area (Å²) in [5.74, 6) is -0.313. The molecule has 0 radical (unpaired) electrons. The summed E-state index contributed by atoms with van der Waals surface area (Å²) in [6, 6.07) is 26.8. The van der Waals surface area contributed by atoms with Crippen molar-refractivity contribution in [2.24, 2.45) is 0 Å². The van der Waals surface area contributed by atoms with Gasteiger partial charge in [0.05, 0.1) is 24.1 Å². The van der Waals surface area contributed by atoms with Crippen molar-refractivity contribution in [2.45, 2.75) is 30.8 Å². The van der Waals surface area contributed by atoms with Crippen molar-refractivity contribution in [3.05, 3.63) is 96.6 Å². The number of carboxylic acid groups (broad SMARTS) is 1. The predicted molar refractivity (Wildman–Crippen MR) is 142 cm³/mol. The van der Waals surface area contributed by atoms with Gasteiger partial charge in [-0.05, 0) is 48.9 Å². The summed E-state index contributed by atoms with van der Waals surface area (Å²) in [6.45, 7) is 2.39. The number of benzene rings is 4. The number of rotatable bonds is 10. The molecule has 0 aromatic heterocycles. The van der Waals surface area contributed by atoms with Crippen molar-refractivity contribution in [2.75, 3.05) is 16.7 Å². The first-order valence-corrected chi connectivity index (χ1v) is 13.0. The number of carboxylic acids is 1. The number of nitrogens with zero attached hydrogens (tertiary/aromatic N) is 1. The number of anilines is 2. The van der Waals surface area contributed by atoms with Crippen molar-refractivity contribution >= 4 is 38.1 Å². The first-order valence-electron chi connectivity index (χ1n) is 11.5. The Balaban J connectivity index is 1.75. The minimum absolute atomic E-state index is 0.0347. The third-order valence-corrected chi connectivity index (χ3v) is 7.40. The van der Waals surface area contributed by atoms with E-state index in [0.29, 0.717) is 23.4 Å². The van der Waals surface area contributed by atoms with Gasteiger partial charge < -0.3 is 14.7 Å². The third kappa shape index (κ3) is 5.60. The second kappa shape index (κ2) is 10.7. The van der Waals surface area contributed by atoms with Crippen molar-refractivity contribution in [1.29, 1.82) is 0 Å². The Hall–Kier alpha value is -4.04. The number of sulfonamides is 1. The highest BCUT2D eigenvalue weighted by Gasteiger charge is 2.22. The lowest BCUT2D eigenvalue weighted by Gasteiger charge is -2.32. The number of aliphatic carboxylic acids is 1. The second-order valence-electron chi connectivity index (χ2n) is 8.52. The molecule has 0 amide bonds. The Bertz CT molecular complexity index is 1450. The smallest absolute Gasteiger partial charge is 0.305 e. The average molecular weight is 505 g/mol. The minimum Gasteiger partial charge on any atom is -0.497 e. The van der Waals surface area contributed by atoms with Crippen LogP contribution in [0, 0.1) is 0 Å². The van der Waals surface area contributed by atoms with Crippen molar-refractivity contribution < 1.29 is 23.1 Å². The highest BCUT2D eigenvalue weighted by molar-refractivity contribution is 7.92. The molecule has 0 unspecified atom stereocenters. The van der Waals surface area contributed by atoms with E-state index in [-0.39, 0.29) is 17.4 Å². The summed E-state index contributed by atoms with van der Waals surface area (Å²) in [7, 11) is -2.32. The number of methoxy groups -OCH3 is 1. The van der Waals surface area contributed by atoms with Crippen LogP contribution in [0.3, 0.4) is 0 Å². The fourth-order valence-electron chi connectivity index (χ4n) is 4.20. The van der Waals surface area contributed by atoms with E-state index in [1.54, 1.807) is 18.2 Å². The maximum atomic E-state index is 13.1. The Morgan fingerprint density at radius 3 is 2.19 bits per heavy atom. The van der Waals surface area contributed by atoms with Crippen molar-refractivity contribution in [3.63, 3.8) is 0 Å². The normalized spacial score (nSPS) is 12.2. The number of fused-ring (bicyclic) bond motifs is 1. The quantitative estimate of drug-likeness (QED) is 0.295. The third-order valence-electron chi connectivity index (χ3n) is 6.02. The Morgan fingerprint density at radius 2 is 1.56 bits per heavy atom. The van der Waals surface area contributed by atoms with E-state index in [9.17, 15) is 18.3 Å². The summed E-state index contributed by atoms with van der Waals surface area (Å²) in [5.41, 5.74) is 2.31. The molecule has 0 fully saturated rings. The number of carbonyl (C=O) groups is 1. The highest BCUT2D eigenvalue weighted by atomic mass is 32.2. The number of ether oxygens (including phenoxy) is 1. The van der Waals surface area contributed by atoms with Gasteiger partial charge in [0.2, 0.25) is 0 Å². The molecule has 0 bridgehead atoms. The summed E-state index contributed by atoms with van der Waals surface area (Å²) in [4.78, 5) is 13.7. The van der Waals surface area contributed by atoms with E-state index >= 15 is 0 Å². The molecule has 0 aliphatic rings. The van der Waals surface area contributed by atoms with Gasteiger partial charge in [-0.15, -0.1) is 0 Å². The van der Waals surface area contributed by atoms with Gasteiger partial charge in [-0.25, -0.2) is 8.42 Å². The predicted octanol–water partition coefficient (Wildman–Crippen LogP) is 5.52. The fourth-order valence-corrected chi connectivity index (χ4v) is 5.28. The molecule has 7 nitrogen and oxygen atoms in total. The van der Waals surface area contributed by atoms with Crippen LogP contribution in [0.2, 0.25) is 0 Å². The van der Waals surface area contributed by atoms with Crippen LogP contribution in [-0.4, -0.2) is 32.6 Å². The van der Waals surface area contributed by atoms with E-state index in [1.165, 1.54) is 19.2 Å². The van der Waals surface area contributed by atoms with Crippen LogP contribution in [0.4, 0.5) is 11.4 Å². The van der Waals surface area contributed by atoms with E-state index in [2.05, 4.69) is 4.72 Å². The molecule has 186 valence electrons. The van der Waals surface area contributed by atoms with Crippen molar-refractivity contribution in [1.82, 2.24) is 0 Å². The summed E-state index contributed by atoms with van der Waals surface area (Å²) in [5, 5.41) is 11.0. The lowest BCUT2D eigenvalue weighted by atomic mass is 10.0. The molecular weight excluding hydrogens is 476 g/mol. The lowest BCUT2D eigenvalue weighted by Crippen LogP contribution is -2.34. The zero-order valence-electron chi connectivity index (χ0n) is 20.1. The Morgan fingerprint density at radius 1 is 0.917 bits per heavy atom. The van der Waals surface area contributed by atoms with E-state index in [0.717, 1.165) is 16.6 Å². The summed E-state index contributed by atoms with van der Waals surface area (Å²) >= 11 is 0. The molecule has 4 aromatic rings. The number of hydrogen-bond donors (Lipinski definition) is 2. The minimum atomic E-state index is -3.84. The van der Waals surface area contributed by atoms with Gasteiger partial charge in [0, 0.05) is 29.0 Å². The molecule has 0 spiro atoms. The SMILES string of the molecule is COc1ccc(S(=O)(=O)Nc2ccc(N(Cc3ccccc3)[C@@H](C)CC(=O)O)c3ccccc23)cc1. The molecule has 2 N–H and O–H groups in total.